The zero-order chi connectivity index (χ0) is 12.9. The minimum atomic E-state index is -0.315. The maximum absolute atomic E-state index is 8.66. The molecule has 1 unspecified atom stereocenters. The van der Waals surface area contributed by atoms with Gasteiger partial charge in [-0.25, -0.2) is 0 Å². The molecule has 96 valence electrons. The number of rotatable bonds is 6. The summed E-state index contributed by atoms with van der Waals surface area (Å²) in [6, 6.07) is 3.97. The Hall–Kier alpha value is -1.49. The average molecular weight is 239 g/mol. The van der Waals surface area contributed by atoms with Gasteiger partial charge in [-0.2, -0.15) is 0 Å². The highest BCUT2D eigenvalue weighted by Gasteiger charge is 2.23. The van der Waals surface area contributed by atoms with Crippen LogP contribution in [0.5, 0.6) is 0 Å². The predicted octanol–water partition coefficient (Wildman–Crippen LogP) is 2.09. The van der Waals surface area contributed by atoms with E-state index >= 15 is 0 Å². The normalized spacial score (nSPS) is 14.9. The molecule has 0 aliphatic heterocycles. The van der Waals surface area contributed by atoms with Crippen LogP contribution in [0, 0.1) is 5.41 Å². The second-order valence-corrected chi connectivity index (χ2v) is 4.81. The lowest BCUT2D eigenvalue weighted by Gasteiger charge is -2.23. The number of nitrogens with zero attached hydrogens (tertiary/aromatic N) is 1. The number of hydrogen-bond donors (Lipinski definition) is 3. The molecule has 0 aliphatic rings. The third kappa shape index (κ3) is 3.78. The second kappa shape index (κ2) is 5.72. The molecule has 1 atom stereocenters. The summed E-state index contributed by atoms with van der Waals surface area (Å²) in [6.07, 6.45) is 2.45. The van der Waals surface area contributed by atoms with Gasteiger partial charge in [-0.1, -0.05) is 19.0 Å². The van der Waals surface area contributed by atoms with Crippen molar-refractivity contribution in [3.63, 3.8) is 0 Å². The Morgan fingerprint density at radius 1 is 1.65 bits per heavy atom. The third-order valence-corrected chi connectivity index (χ3v) is 2.97. The highest BCUT2D eigenvalue weighted by atomic mass is 16.4. The van der Waals surface area contributed by atoms with E-state index in [0.29, 0.717) is 0 Å². The first-order valence-corrected chi connectivity index (χ1v) is 5.72. The quantitative estimate of drug-likeness (QED) is 0.307. The molecule has 1 aromatic rings. The average Bonchev–Trinajstić information content (AvgIpc) is 2.80. The number of amidine groups is 1. The Balaban J connectivity index is 2.38. The van der Waals surface area contributed by atoms with Gasteiger partial charge in [0.2, 0.25) is 0 Å². The van der Waals surface area contributed by atoms with E-state index in [1.165, 1.54) is 0 Å². The van der Waals surface area contributed by atoms with Crippen LogP contribution in [0.25, 0.3) is 0 Å². The fourth-order valence-corrected chi connectivity index (χ4v) is 1.50. The monoisotopic (exact) mass is 239 g/mol. The first-order valence-electron chi connectivity index (χ1n) is 5.72. The molecule has 17 heavy (non-hydrogen) atoms. The van der Waals surface area contributed by atoms with E-state index in [0.717, 1.165) is 18.7 Å². The first-order chi connectivity index (χ1) is 7.97. The van der Waals surface area contributed by atoms with Crippen molar-refractivity contribution in [2.24, 2.45) is 16.3 Å². The molecule has 4 N–H and O–H groups in total. The van der Waals surface area contributed by atoms with E-state index in [9.17, 15) is 0 Å². The number of nitrogens with one attached hydrogen (secondary N) is 1. The molecule has 0 fully saturated rings. The van der Waals surface area contributed by atoms with Crippen molar-refractivity contribution in [3.05, 3.63) is 24.2 Å². The highest BCUT2D eigenvalue weighted by molar-refractivity contribution is 5.85. The van der Waals surface area contributed by atoms with Crippen molar-refractivity contribution < 1.29 is 9.62 Å². The molecule has 0 saturated carbocycles. The van der Waals surface area contributed by atoms with E-state index < -0.39 is 0 Å². The molecule has 1 rings (SSSR count). The topological polar surface area (TPSA) is 83.8 Å². The number of nitrogens with two attached hydrogens (primary N) is 1. The second-order valence-electron chi connectivity index (χ2n) is 4.81. The first kappa shape index (κ1) is 13.6. The van der Waals surface area contributed by atoms with Crippen LogP contribution in [-0.2, 0) is 0 Å². The fraction of sp³-hybridized carbons (Fsp3) is 0.583. The van der Waals surface area contributed by atoms with Crippen LogP contribution in [-0.4, -0.2) is 17.6 Å². The fourth-order valence-electron chi connectivity index (χ4n) is 1.50. The Bertz CT molecular complexity index is 358. The van der Waals surface area contributed by atoms with Crippen LogP contribution >= 0.6 is 0 Å². The van der Waals surface area contributed by atoms with E-state index in [4.69, 9.17) is 15.4 Å². The summed E-state index contributed by atoms with van der Waals surface area (Å²) in [5.41, 5.74) is 5.30. The molecule has 5 nitrogen and oxygen atoms in total. The van der Waals surface area contributed by atoms with Crippen LogP contribution in [0.15, 0.2) is 28.0 Å². The van der Waals surface area contributed by atoms with Gasteiger partial charge in [-0.05, 0) is 32.0 Å². The number of oxime groups is 1. The van der Waals surface area contributed by atoms with Crippen molar-refractivity contribution >= 4 is 5.84 Å². The van der Waals surface area contributed by atoms with Crippen LogP contribution < -0.4 is 11.1 Å². The van der Waals surface area contributed by atoms with Gasteiger partial charge in [-0.3, -0.25) is 0 Å². The Labute approximate surface area is 102 Å². The van der Waals surface area contributed by atoms with Crippen LogP contribution in [0.1, 0.15) is 39.0 Å². The Morgan fingerprint density at radius 3 is 2.88 bits per heavy atom. The van der Waals surface area contributed by atoms with Gasteiger partial charge in [0.15, 0.2) is 0 Å². The molecule has 1 aromatic heterocycles. The molecule has 1 heterocycles. The smallest absolute Gasteiger partial charge is 0.144 e. The molecule has 0 spiro atoms. The lowest BCUT2D eigenvalue weighted by molar-refractivity contribution is 0.303. The maximum Gasteiger partial charge on any atom is 0.144 e. The molecule has 0 aliphatic carbocycles. The zero-order valence-corrected chi connectivity index (χ0v) is 10.6. The summed E-state index contributed by atoms with van der Waals surface area (Å²) in [5.74, 6) is 1.16. The molecule has 5 heteroatoms. The van der Waals surface area contributed by atoms with Gasteiger partial charge < -0.3 is 20.7 Å². The summed E-state index contributed by atoms with van der Waals surface area (Å²) in [4.78, 5) is 0. The summed E-state index contributed by atoms with van der Waals surface area (Å²) in [7, 11) is 0. The standard InChI is InChI=1S/C12H21N3O2/c1-9(10-5-4-8-17-10)14-7-6-12(2,3)11(13)15-16/h4-5,8-9,14,16H,6-7H2,1-3H3,(H2,13,15). The van der Waals surface area contributed by atoms with E-state index in [1.54, 1.807) is 6.26 Å². The van der Waals surface area contributed by atoms with E-state index in [1.807, 2.05) is 32.9 Å². The van der Waals surface area contributed by atoms with Gasteiger partial charge in [-0.15, -0.1) is 0 Å². The van der Waals surface area contributed by atoms with Crippen LogP contribution in [0.2, 0.25) is 0 Å². The number of furan rings is 1. The molecule has 0 saturated heterocycles. The Morgan fingerprint density at radius 2 is 2.35 bits per heavy atom. The Kier molecular flexibility index (Phi) is 4.57. The van der Waals surface area contributed by atoms with Crippen LogP contribution in [0.3, 0.4) is 0 Å². The van der Waals surface area contributed by atoms with Crippen molar-refractivity contribution in [1.82, 2.24) is 5.32 Å². The van der Waals surface area contributed by atoms with Gasteiger partial charge in [0.25, 0.3) is 0 Å². The van der Waals surface area contributed by atoms with Crippen molar-refractivity contribution in [2.45, 2.75) is 33.2 Å². The molecule has 0 aromatic carbocycles. The number of hydrogen-bond acceptors (Lipinski definition) is 4. The predicted molar refractivity (Wildman–Crippen MR) is 66.9 cm³/mol. The third-order valence-electron chi connectivity index (χ3n) is 2.97. The van der Waals surface area contributed by atoms with Crippen molar-refractivity contribution in [2.75, 3.05) is 6.54 Å². The highest BCUT2D eigenvalue weighted by Crippen LogP contribution is 2.20. The van der Waals surface area contributed by atoms with E-state index in [2.05, 4.69) is 10.5 Å². The minimum Gasteiger partial charge on any atom is -0.468 e. The lowest BCUT2D eigenvalue weighted by atomic mass is 9.88. The van der Waals surface area contributed by atoms with Gasteiger partial charge in [0.05, 0.1) is 12.3 Å². The minimum absolute atomic E-state index is 0.160. The van der Waals surface area contributed by atoms with Gasteiger partial charge in [0.1, 0.15) is 11.6 Å². The molecule has 0 amide bonds. The molecular formula is C12H21N3O2. The van der Waals surface area contributed by atoms with Gasteiger partial charge in [0, 0.05) is 5.41 Å². The van der Waals surface area contributed by atoms with Crippen LogP contribution in [0.4, 0.5) is 0 Å². The molecule has 0 bridgehead atoms. The van der Waals surface area contributed by atoms with E-state index in [-0.39, 0.29) is 17.3 Å². The maximum atomic E-state index is 8.66. The summed E-state index contributed by atoms with van der Waals surface area (Å²) in [5, 5.41) is 15.0. The van der Waals surface area contributed by atoms with Crippen molar-refractivity contribution in [3.8, 4) is 0 Å². The zero-order valence-electron chi connectivity index (χ0n) is 10.6. The largest absolute Gasteiger partial charge is 0.468 e. The summed E-state index contributed by atoms with van der Waals surface area (Å²) >= 11 is 0. The van der Waals surface area contributed by atoms with Gasteiger partial charge >= 0.3 is 0 Å². The van der Waals surface area contributed by atoms with Crippen molar-refractivity contribution in [1.29, 1.82) is 0 Å². The summed E-state index contributed by atoms with van der Waals surface area (Å²) < 4.78 is 5.30. The molecule has 0 radical (unpaired) electrons. The lowest BCUT2D eigenvalue weighted by Crippen LogP contribution is -2.35. The molecular weight excluding hydrogens is 218 g/mol. The SMILES string of the molecule is CC(NCCC(C)(C)C(N)=NO)c1ccco1. The summed E-state index contributed by atoms with van der Waals surface area (Å²) in [6.45, 7) is 6.70.